The maximum atomic E-state index is 13.7. The van der Waals surface area contributed by atoms with Gasteiger partial charge in [-0.1, -0.05) is 0 Å². The fourth-order valence-corrected chi connectivity index (χ4v) is 2.77. The highest BCUT2D eigenvalue weighted by atomic mass is 32.2. The van der Waals surface area contributed by atoms with E-state index in [0.717, 1.165) is 0 Å². The van der Waals surface area contributed by atoms with Crippen LogP contribution in [0.15, 0.2) is 12.1 Å². The van der Waals surface area contributed by atoms with Crippen molar-refractivity contribution in [2.45, 2.75) is 70.6 Å². The molecule has 0 heterocycles. The molecule has 0 aliphatic carbocycles. The molecule has 4 nitrogen and oxygen atoms in total. The number of rotatable bonds is 14. The number of hydrogen-bond acceptors (Lipinski definition) is 3. The van der Waals surface area contributed by atoms with Crippen molar-refractivity contribution in [1.29, 1.82) is 0 Å². The lowest BCUT2D eigenvalue weighted by molar-refractivity contribution is -0.485. The van der Waals surface area contributed by atoms with E-state index in [9.17, 15) is 127 Å². The lowest BCUT2D eigenvalue weighted by Gasteiger charge is -2.45. The predicted octanol–water partition coefficient (Wildman–Crippen LogP) is 8.46. The van der Waals surface area contributed by atoms with Crippen LogP contribution < -0.4 is 0 Å². The highest BCUT2D eigenvalue weighted by Crippen LogP contribution is 2.68. The van der Waals surface area contributed by atoms with Crippen LogP contribution in [0, 0.1) is 0 Å². The summed E-state index contributed by atoms with van der Waals surface area (Å²) in [5, 5.41) is -8.28. The van der Waals surface area contributed by atoms with Crippen molar-refractivity contribution in [2.24, 2.45) is 0 Å². The molecule has 0 aliphatic heterocycles. The number of halogens is 27. The normalized spacial score (nSPS) is 16.4. The summed E-state index contributed by atoms with van der Waals surface area (Å²) >= 11 is 0. The second kappa shape index (κ2) is 10.8. The minimum absolute atomic E-state index is 1.42. The molecule has 46 heavy (non-hydrogen) atoms. The molecule has 0 aliphatic rings. The van der Waals surface area contributed by atoms with E-state index in [0.29, 0.717) is 0 Å². The maximum absolute atomic E-state index is 13.7. The van der Waals surface area contributed by atoms with E-state index in [-0.39, 0.29) is 0 Å². The summed E-state index contributed by atoms with van der Waals surface area (Å²) in [7, 11) is -8.30. The lowest BCUT2D eigenvalue weighted by Crippen LogP contribution is -2.78. The first-order chi connectivity index (χ1) is 19.3. The number of hydrogen-bond donors (Lipinski definition) is 1. The zero-order valence-corrected chi connectivity index (χ0v) is 20.1. The third-order valence-corrected chi connectivity index (χ3v) is 5.87. The number of alkyl halides is 24. The van der Waals surface area contributed by atoms with Crippen LogP contribution in [0.4, 0.5) is 119 Å². The van der Waals surface area contributed by atoms with Gasteiger partial charge in [-0.25, -0.2) is 0 Å². The van der Waals surface area contributed by atoms with Gasteiger partial charge in [-0.15, -0.1) is 0 Å². The Bertz CT molecular complexity index is 1290. The average molecular weight is 778 g/mol. The standard InChI is InChI=1S/C14HF27O4S/c15-1(16)2(17)45-13(38,39)11(34,35)9(30,31)7(26,27)5(22,23)3(18,19)4(20,21)6(24,25)8(28,29)10(32,33)12(36,37)14(40,41)46(42,43)44/h(H,42,43,44). The van der Waals surface area contributed by atoms with Crippen LogP contribution in [0.1, 0.15) is 0 Å². The first-order valence-corrected chi connectivity index (χ1v) is 10.7. The van der Waals surface area contributed by atoms with E-state index < -0.39 is 92.8 Å². The molecule has 0 saturated heterocycles. The van der Waals surface area contributed by atoms with Gasteiger partial charge in [0.25, 0.3) is 0 Å². The molecule has 0 amide bonds. The molecule has 0 spiro atoms. The van der Waals surface area contributed by atoms with Gasteiger partial charge in [0.2, 0.25) is 0 Å². The summed E-state index contributed by atoms with van der Waals surface area (Å²) in [5.41, 5.74) is 0. The van der Waals surface area contributed by atoms with Gasteiger partial charge in [-0.05, 0) is 0 Å². The Balaban J connectivity index is 7.50. The van der Waals surface area contributed by atoms with Crippen LogP contribution in [0.3, 0.4) is 0 Å². The molecule has 0 bridgehead atoms. The second-order valence-corrected chi connectivity index (χ2v) is 9.35. The Morgan fingerprint density at radius 3 is 0.783 bits per heavy atom. The zero-order chi connectivity index (χ0) is 38.4. The van der Waals surface area contributed by atoms with Crippen molar-refractivity contribution in [3.05, 3.63) is 12.1 Å². The van der Waals surface area contributed by atoms with E-state index in [1.807, 2.05) is 0 Å². The molecule has 0 aromatic heterocycles. The smallest absolute Gasteiger partial charge is 0.397 e. The topological polar surface area (TPSA) is 63.6 Å². The molecule has 0 radical (unpaired) electrons. The number of ether oxygens (including phenoxy) is 1. The van der Waals surface area contributed by atoms with E-state index in [1.165, 1.54) is 4.74 Å². The van der Waals surface area contributed by atoms with Gasteiger partial charge in [-0.2, -0.15) is 127 Å². The maximum Gasteiger partial charge on any atom is 0.472 e. The Labute approximate surface area is 230 Å². The van der Waals surface area contributed by atoms with Gasteiger partial charge in [0.15, 0.2) is 0 Å². The van der Waals surface area contributed by atoms with Crippen molar-refractivity contribution < 1.29 is 136 Å². The molecule has 0 fully saturated rings. The molecule has 0 aromatic rings. The summed E-state index contributed by atoms with van der Waals surface area (Å²) in [6.45, 7) is 0. The Morgan fingerprint density at radius 2 is 0.587 bits per heavy atom. The Hall–Kier alpha value is -2.44. The van der Waals surface area contributed by atoms with Gasteiger partial charge in [0, 0.05) is 0 Å². The van der Waals surface area contributed by atoms with Gasteiger partial charge in [0.1, 0.15) is 0 Å². The second-order valence-electron chi connectivity index (χ2n) is 7.89. The van der Waals surface area contributed by atoms with Gasteiger partial charge < -0.3 is 4.74 Å². The predicted molar refractivity (Wildman–Crippen MR) is 82.3 cm³/mol. The van der Waals surface area contributed by atoms with E-state index >= 15 is 0 Å². The summed E-state index contributed by atoms with van der Waals surface area (Å²) in [5.74, 6) is -95.3. The molecule has 276 valence electrons. The average Bonchev–Trinajstić information content (AvgIpc) is 2.81. The van der Waals surface area contributed by atoms with E-state index in [4.69, 9.17) is 4.55 Å². The Kier molecular flexibility index (Phi) is 10.2. The molecular weight excluding hydrogens is 777 g/mol. The molecule has 0 saturated carbocycles. The third-order valence-electron chi connectivity index (χ3n) is 4.97. The molecule has 0 unspecified atom stereocenters. The zero-order valence-electron chi connectivity index (χ0n) is 19.3. The lowest BCUT2D eigenvalue weighted by atomic mass is 9.85. The highest BCUT2D eigenvalue weighted by molar-refractivity contribution is 7.87. The molecule has 0 rings (SSSR count). The van der Waals surface area contributed by atoms with Crippen molar-refractivity contribution in [2.75, 3.05) is 0 Å². The molecule has 1 N–H and O–H groups in total. The highest BCUT2D eigenvalue weighted by Gasteiger charge is 3.00. The molecule has 0 aromatic carbocycles. The molecule has 32 heteroatoms. The quantitative estimate of drug-likeness (QED) is 0.109. The van der Waals surface area contributed by atoms with Gasteiger partial charge >= 0.3 is 92.8 Å². The SMILES string of the molecule is O=S(=O)(O)C(F)(F)C(F)(F)C(F)(F)C(F)(F)C(F)(F)C(F)(F)C(F)(F)C(F)(F)C(F)(F)C(F)(F)C(F)(F)C(F)(F)OC(F)=C(F)F. The van der Waals surface area contributed by atoms with E-state index in [2.05, 4.69) is 0 Å². The fourth-order valence-electron chi connectivity index (χ4n) is 2.32. The Morgan fingerprint density at radius 1 is 0.391 bits per heavy atom. The first kappa shape index (κ1) is 43.6. The van der Waals surface area contributed by atoms with Crippen LogP contribution in [-0.4, -0.2) is 83.6 Å². The summed E-state index contributed by atoms with van der Waals surface area (Å²) in [4.78, 5) is 0. The molecular formula is C14HF27O4S. The molecule has 0 atom stereocenters. The van der Waals surface area contributed by atoms with Crippen molar-refractivity contribution in [3.8, 4) is 0 Å². The van der Waals surface area contributed by atoms with Crippen LogP contribution >= 0.6 is 0 Å². The van der Waals surface area contributed by atoms with Gasteiger partial charge in [-0.3, -0.25) is 4.55 Å². The monoisotopic (exact) mass is 778 g/mol. The van der Waals surface area contributed by atoms with E-state index in [1.54, 1.807) is 0 Å². The van der Waals surface area contributed by atoms with Crippen LogP contribution in [0.25, 0.3) is 0 Å². The van der Waals surface area contributed by atoms with Crippen LogP contribution in [-0.2, 0) is 14.9 Å². The largest absolute Gasteiger partial charge is 0.472 e. The minimum Gasteiger partial charge on any atom is -0.397 e. The summed E-state index contributed by atoms with van der Waals surface area (Å²) < 4.78 is 388. The minimum atomic E-state index is -9.88. The fraction of sp³-hybridized carbons (Fsp3) is 0.857. The van der Waals surface area contributed by atoms with Crippen molar-refractivity contribution in [1.82, 2.24) is 0 Å². The van der Waals surface area contributed by atoms with Crippen LogP contribution in [0.2, 0.25) is 0 Å². The van der Waals surface area contributed by atoms with Crippen LogP contribution in [0.5, 0.6) is 0 Å². The first-order valence-electron chi connectivity index (χ1n) is 9.23. The summed E-state index contributed by atoms with van der Waals surface area (Å²) in [6.07, 6.45) is -12.5. The summed E-state index contributed by atoms with van der Waals surface area (Å²) in [6, 6.07) is -4.48. The van der Waals surface area contributed by atoms with Gasteiger partial charge in [0.05, 0.1) is 0 Å². The van der Waals surface area contributed by atoms with Crippen molar-refractivity contribution in [3.63, 3.8) is 0 Å². The third kappa shape index (κ3) is 5.21. The van der Waals surface area contributed by atoms with Crippen molar-refractivity contribution >= 4 is 10.1 Å².